The van der Waals surface area contributed by atoms with Crippen molar-refractivity contribution in [1.29, 1.82) is 0 Å². The van der Waals surface area contributed by atoms with Crippen molar-refractivity contribution in [3.63, 3.8) is 0 Å². The van der Waals surface area contributed by atoms with Crippen LogP contribution in [0.2, 0.25) is 0 Å². The van der Waals surface area contributed by atoms with E-state index in [0.29, 0.717) is 0 Å². The number of hydrogen-bond donors (Lipinski definition) is 1. The molecule has 0 saturated heterocycles. The molecule has 0 aliphatic rings. The average Bonchev–Trinajstić information content (AvgIpc) is 2.85. The fourth-order valence-electron chi connectivity index (χ4n) is 1.67. The Kier molecular flexibility index (Phi) is 3.29. The Hall–Kier alpha value is -1.29. The van der Waals surface area contributed by atoms with Crippen LogP contribution in [0, 0.1) is 13.8 Å². The van der Waals surface area contributed by atoms with Gasteiger partial charge in [0.2, 0.25) is 0 Å². The Labute approximate surface area is 100 Å². The quantitative estimate of drug-likeness (QED) is 0.883. The zero-order chi connectivity index (χ0) is 11.5. The van der Waals surface area contributed by atoms with Crippen LogP contribution >= 0.6 is 11.3 Å². The van der Waals surface area contributed by atoms with Crippen LogP contribution in [0.3, 0.4) is 0 Å². The second kappa shape index (κ2) is 4.70. The van der Waals surface area contributed by atoms with Gasteiger partial charge in [0, 0.05) is 16.8 Å². The normalized spacial score (nSPS) is 10.7. The van der Waals surface area contributed by atoms with E-state index in [1.807, 2.05) is 0 Å². The van der Waals surface area contributed by atoms with Gasteiger partial charge < -0.3 is 5.43 Å². The third-order valence-electron chi connectivity index (χ3n) is 2.59. The molecule has 4 heteroatoms. The molecule has 1 N–H and O–H groups in total. The first kappa shape index (κ1) is 11.2. The summed E-state index contributed by atoms with van der Waals surface area (Å²) in [5, 5.41) is 3.33. The van der Waals surface area contributed by atoms with Crippen molar-refractivity contribution in [3.05, 3.63) is 39.6 Å². The van der Waals surface area contributed by atoms with Gasteiger partial charge in [-0.15, -0.1) is 11.3 Å². The molecule has 0 aliphatic heterocycles. The Morgan fingerprint density at radius 1 is 1.31 bits per heavy atom. The van der Waals surface area contributed by atoms with Crippen molar-refractivity contribution >= 4 is 11.3 Å². The molecule has 0 fully saturated rings. The van der Waals surface area contributed by atoms with Gasteiger partial charge >= 0.3 is 0 Å². The SMILES string of the molecule is CCc1nc(CNn2c(C)ccc2C)cs1. The number of nitrogens with zero attached hydrogens (tertiary/aromatic N) is 2. The second-order valence-corrected chi connectivity index (χ2v) is 4.82. The lowest BCUT2D eigenvalue weighted by Gasteiger charge is -2.11. The molecular weight excluding hydrogens is 218 g/mol. The van der Waals surface area contributed by atoms with Crippen LogP contribution in [-0.4, -0.2) is 9.66 Å². The van der Waals surface area contributed by atoms with E-state index >= 15 is 0 Å². The van der Waals surface area contributed by atoms with Crippen LogP contribution in [-0.2, 0) is 13.0 Å². The van der Waals surface area contributed by atoms with E-state index in [2.05, 4.69) is 53.4 Å². The van der Waals surface area contributed by atoms with Gasteiger partial charge in [-0.05, 0) is 32.4 Å². The third-order valence-corrected chi connectivity index (χ3v) is 3.63. The number of nitrogens with one attached hydrogen (secondary N) is 1. The van der Waals surface area contributed by atoms with Crippen LogP contribution in [0.4, 0.5) is 0 Å². The molecule has 0 spiro atoms. The fraction of sp³-hybridized carbons (Fsp3) is 0.417. The monoisotopic (exact) mass is 235 g/mol. The highest BCUT2D eigenvalue weighted by molar-refractivity contribution is 7.09. The molecule has 2 rings (SSSR count). The summed E-state index contributed by atoms with van der Waals surface area (Å²) in [6, 6.07) is 4.22. The molecule has 0 radical (unpaired) electrons. The Balaban J connectivity index is 2.02. The Bertz CT molecular complexity index is 451. The molecule has 0 saturated carbocycles. The summed E-state index contributed by atoms with van der Waals surface area (Å²) in [7, 11) is 0. The molecular formula is C12H17N3S. The van der Waals surface area contributed by atoms with Gasteiger partial charge in [-0.2, -0.15) is 0 Å². The van der Waals surface area contributed by atoms with E-state index in [4.69, 9.17) is 0 Å². The minimum absolute atomic E-state index is 0.785. The number of hydrogen-bond acceptors (Lipinski definition) is 3. The lowest BCUT2D eigenvalue weighted by Crippen LogP contribution is -2.17. The van der Waals surface area contributed by atoms with Gasteiger partial charge in [0.25, 0.3) is 0 Å². The van der Waals surface area contributed by atoms with E-state index in [1.165, 1.54) is 16.4 Å². The summed E-state index contributed by atoms with van der Waals surface area (Å²) in [4.78, 5) is 4.53. The summed E-state index contributed by atoms with van der Waals surface area (Å²) in [6.07, 6.45) is 1.02. The molecule has 0 atom stereocenters. The first-order valence-electron chi connectivity index (χ1n) is 5.52. The molecule has 86 valence electrons. The lowest BCUT2D eigenvalue weighted by molar-refractivity contribution is 0.781. The summed E-state index contributed by atoms with van der Waals surface area (Å²) in [5.41, 5.74) is 6.95. The smallest absolute Gasteiger partial charge is 0.0926 e. The molecule has 2 aromatic heterocycles. The first-order valence-corrected chi connectivity index (χ1v) is 6.40. The molecule has 0 amide bonds. The van der Waals surface area contributed by atoms with E-state index < -0.39 is 0 Å². The highest BCUT2D eigenvalue weighted by Crippen LogP contribution is 2.11. The van der Waals surface area contributed by atoms with Crippen LogP contribution in [0.15, 0.2) is 17.5 Å². The van der Waals surface area contributed by atoms with Crippen LogP contribution in [0.25, 0.3) is 0 Å². The van der Waals surface area contributed by atoms with E-state index in [1.54, 1.807) is 11.3 Å². The zero-order valence-electron chi connectivity index (χ0n) is 9.95. The van der Waals surface area contributed by atoms with Crippen LogP contribution in [0.1, 0.15) is 29.0 Å². The highest BCUT2D eigenvalue weighted by atomic mass is 32.1. The number of aromatic nitrogens is 2. The van der Waals surface area contributed by atoms with Crippen molar-refractivity contribution in [2.75, 3.05) is 5.43 Å². The van der Waals surface area contributed by atoms with Gasteiger partial charge in [0.15, 0.2) is 0 Å². The van der Waals surface area contributed by atoms with Crippen LogP contribution < -0.4 is 5.43 Å². The number of thiazole rings is 1. The van der Waals surface area contributed by atoms with Gasteiger partial charge in [0.1, 0.15) is 0 Å². The Morgan fingerprint density at radius 3 is 2.56 bits per heavy atom. The van der Waals surface area contributed by atoms with E-state index in [0.717, 1.165) is 18.7 Å². The topological polar surface area (TPSA) is 29.9 Å². The van der Waals surface area contributed by atoms with Gasteiger partial charge in [-0.25, -0.2) is 4.98 Å². The van der Waals surface area contributed by atoms with Crippen molar-refractivity contribution in [1.82, 2.24) is 9.66 Å². The molecule has 2 heterocycles. The minimum Gasteiger partial charge on any atom is -0.320 e. The molecule has 0 aliphatic carbocycles. The molecule has 0 aromatic carbocycles. The third kappa shape index (κ3) is 2.27. The molecule has 2 aromatic rings. The van der Waals surface area contributed by atoms with Crippen molar-refractivity contribution in [2.24, 2.45) is 0 Å². The summed E-state index contributed by atoms with van der Waals surface area (Å²) >= 11 is 1.73. The van der Waals surface area contributed by atoms with Crippen LogP contribution in [0.5, 0.6) is 0 Å². The minimum atomic E-state index is 0.785. The summed E-state index contributed by atoms with van der Waals surface area (Å²) < 4.78 is 2.10. The zero-order valence-corrected chi connectivity index (χ0v) is 10.8. The maximum atomic E-state index is 4.53. The predicted octanol–water partition coefficient (Wildman–Crippen LogP) is 2.87. The van der Waals surface area contributed by atoms with Crippen molar-refractivity contribution in [2.45, 2.75) is 33.7 Å². The van der Waals surface area contributed by atoms with Crippen molar-refractivity contribution < 1.29 is 0 Å². The number of aryl methyl sites for hydroxylation is 3. The molecule has 0 bridgehead atoms. The van der Waals surface area contributed by atoms with Gasteiger partial charge in [-0.1, -0.05) is 6.92 Å². The van der Waals surface area contributed by atoms with Gasteiger partial charge in [-0.3, -0.25) is 4.68 Å². The highest BCUT2D eigenvalue weighted by Gasteiger charge is 2.02. The predicted molar refractivity (Wildman–Crippen MR) is 68.5 cm³/mol. The first-order chi connectivity index (χ1) is 7.70. The maximum Gasteiger partial charge on any atom is 0.0926 e. The van der Waals surface area contributed by atoms with E-state index in [-0.39, 0.29) is 0 Å². The molecule has 16 heavy (non-hydrogen) atoms. The lowest BCUT2D eigenvalue weighted by atomic mass is 10.5. The van der Waals surface area contributed by atoms with Crippen molar-refractivity contribution in [3.8, 4) is 0 Å². The second-order valence-electron chi connectivity index (χ2n) is 3.87. The molecule has 0 unspecified atom stereocenters. The number of rotatable bonds is 4. The largest absolute Gasteiger partial charge is 0.320 e. The average molecular weight is 235 g/mol. The standard InChI is InChI=1S/C12H17N3S/c1-4-12-14-11(8-16-12)7-13-15-9(2)5-6-10(15)3/h5-6,8,13H,4,7H2,1-3H3. The van der Waals surface area contributed by atoms with E-state index in [9.17, 15) is 0 Å². The Morgan fingerprint density at radius 2 is 2.00 bits per heavy atom. The summed E-state index contributed by atoms with van der Waals surface area (Å²) in [5.74, 6) is 0. The summed E-state index contributed by atoms with van der Waals surface area (Å²) in [6.45, 7) is 7.11. The fourth-order valence-corrected chi connectivity index (χ4v) is 2.42. The van der Waals surface area contributed by atoms with Gasteiger partial charge in [0.05, 0.1) is 17.2 Å². The maximum absolute atomic E-state index is 4.53. The molecule has 3 nitrogen and oxygen atoms in total.